The molecule has 1 amide bonds. The summed E-state index contributed by atoms with van der Waals surface area (Å²) in [7, 11) is 0. The molecule has 0 radical (unpaired) electrons. The second-order valence-corrected chi connectivity index (χ2v) is 8.76. The number of carbonyl (C=O) groups excluding carboxylic acids is 1. The molecule has 0 saturated heterocycles. The molecule has 2 aromatic carbocycles. The molecule has 4 aromatic rings. The maximum atomic E-state index is 13.6. The highest BCUT2D eigenvalue weighted by Gasteiger charge is 2.31. The number of aromatic nitrogens is 2. The maximum Gasteiger partial charge on any atom is 0.233 e. The molecule has 0 N–H and O–H groups in total. The molecular formula is C27H27N3O. The summed E-state index contributed by atoms with van der Waals surface area (Å²) in [6.45, 7) is 8.42. The van der Waals surface area contributed by atoms with Gasteiger partial charge in [-0.25, -0.2) is 4.98 Å². The van der Waals surface area contributed by atoms with E-state index in [1.807, 2.05) is 23.2 Å². The summed E-state index contributed by atoms with van der Waals surface area (Å²) in [5.74, 6) is 0.116. The summed E-state index contributed by atoms with van der Waals surface area (Å²) in [5.41, 5.74) is 9.69. The number of carbonyl (C=O) groups is 1. The number of para-hydroxylation sites is 1. The summed E-state index contributed by atoms with van der Waals surface area (Å²) in [5, 5.41) is 0. The van der Waals surface area contributed by atoms with Crippen molar-refractivity contribution in [3.8, 4) is 11.3 Å². The number of benzene rings is 2. The molecule has 4 nitrogen and oxygen atoms in total. The molecular weight excluding hydrogens is 382 g/mol. The Morgan fingerprint density at radius 2 is 1.84 bits per heavy atom. The number of imidazole rings is 1. The average molecular weight is 410 g/mol. The van der Waals surface area contributed by atoms with Crippen LogP contribution in [0, 0.1) is 20.8 Å². The second-order valence-electron chi connectivity index (χ2n) is 8.76. The Balaban J connectivity index is 1.60. The third-order valence-corrected chi connectivity index (χ3v) is 6.46. The quantitative estimate of drug-likeness (QED) is 0.451. The van der Waals surface area contributed by atoms with Gasteiger partial charge in [0, 0.05) is 23.5 Å². The lowest BCUT2D eigenvalue weighted by molar-refractivity contribution is -0.118. The van der Waals surface area contributed by atoms with Gasteiger partial charge < -0.3 is 9.30 Å². The van der Waals surface area contributed by atoms with Crippen molar-refractivity contribution in [1.29, 1.82) is 0 Å². The van der Waals surface area contributed by atoms with E-state index in [9.17, 15) is 4.79 Å². The minimum atomic E-state index is 0.116. The largest absolute Gasteiger partial charge is 0.309 e. The number of anilines is 1. The zero-order valence-electron chi connectivity index (χ0n) is 18.5. The summed E-state index contributed by atoms with van der Waals surface area (Å²) >= 11 is 0. The van der Waals surface area contributed by atoms with E-state index in [0.29, 0.717) is 6.42 Å². The molecule has 0 aliphatic carbocycles. The van der Waals surface area contributed by atoms with E-state index in [1.54, 1.807) is 0 Å². The van der Waals surface area contributed by atoms with Crippen molar-refractivity contribution >= 4 is 17.2 Å². The molecule has 1 unspecified atom stereocenters. The van der Waals surface area contributed by atoms with E-state index < -0.39 is 0 Å². The SMILES string of the molecule is Cc1ccn2c(CC(=O)N3c4ccccc4CC3C)c(-c3ccc(C)c(C)c3)nc2c1. The molecule has 0 spiro atoms. The van der Waals surface area contributed by atoms with Crippen molar-refractivity contribution in [1.82, 2.24) is 9.38 Å². The molecule has 31 heavy (non-hydrogen) atoms. The van der Waals surface area contributed by atoms with E-state index in [-0.39, 0.29) is 11.9 Å². The molecule has 1 aliphatic rings. The van der Waals surface area contributed by atoms with Crippen LogP contribution in [0.15, 0.2) is 60.8 Å². The van der Waals surface area contributed by atoms with E-state index in [1.165, 1.54) is 16.7 Å². The monoisotopic (exact) mass is 409 g/mol. The first-order valence-electron chi connectivity index (χ1n) is 10.9. The number of fused-ring (bicyclic) bond motifs is 2. The lowest BCUT2D eigenvalue weighted by Gasteiger charge is -2.23. The average Bonchev–Trinajstić information content (AvgIpc) is 3.26. The van der Waals surface area contributed by atoms with E-state index in [0.717, 1.165) is 40.3 Å². The van der Waals surface area contributed by atoms with Crippen LogP contribution in [0.25, 0.3) is 16.9 Å². The predicted molar refractivity (Wildman–Crippen MR) is 126 cm³/mol. The fourth-order valence-electron chi connectivity index (χ4n) is 4.66. The molecule has 156 valence electrons. The maximum absolute atomic E-state index is 13.6. The molecule has 2 aromatic heterocycles. The Hall–Kier alpha value is -3.40. The summed E-state index contributed by atoms with van der Waals surface area (Å²) in [6.07, 6.45) is 3.25. The van der Waals surface area contributed by atoms with Crippen molar-refractivity contribution in [2.45, 2.75) is 46.6 Å². The van der Waals surface area contributed by atoms with Gasteiger partial charge in [-0.1, -0.05) is 30.3 Å². The van der Waals surface area contributed by atoms with Crippen LogP contribution in [0.4, 0.5) is 5.69 Å². The predicted octanol–water partition coefficient (Wildman–Crippen LogP) is 5.45. The Labute approximate surface area is 183 Å². The van der Waals surface area contributed by atoms with Crippen LogP contribution in [-0.4, -0.2) is 21.3 Å². The van der Waals surface area contributed by atoms with Gasteiger partial charge in [-0.15, -0.1) is 0 Å². The highest BCUT2D eigenvalue weighted by atomic mass is 16.2. The van der Waals surface area contributed by atoms with Crippen molar-refractivity contribution < 1.29 is 4.79 Å². The zero-order chi connectivity index (χ0) is 21.7. The molecule has 0 saturated carbocycles. The molecule has 4 heteroatoms. The smallest absolute Gasteiger partial charge is 0.233 e. The number of rotatable bonds is 3. The molecule has 0 bridgehead atoms. The van der Waals surface area contributed by atoms with Crippen LogP contribution in [-0.2, 0) is 17.6 Å². The summed E-state index contributed by atoms with van der Waals surface area (Å²) in [6, 6.07) is 19.0. The van der Waals surface area contributed by atoms with Crippen molar-refractivity contribution in [3.05, 3.63) is 88.7 Å². The number of aryl methyl sites for hydroxylation is 3. The summed E-state index contributed by atoms with van der Waals surface area (Å²) < 4.78 is 2.07. The molecule has 0 fully saturated rings. The Bertz CT molecular complexity index is 1320. The van der Waals surface area contributed by atoms with E-state index >= 15 is 0 Å². The zero-order valence-corrected chi connectivity index (χ0v) is 18.5. The van der Waals surface area contributed by atoms with Crippen molar-refractivity contribution in [2.24, 2.45) is 0 Å². The van der Waals surface area contributed by atoms with Gasteiger partial charge in [-0.3, -0.25) is 4.79 Å². The van der Waals surface area contributed by atoms with Crippen LogP contribution in [0.1, 0.15) is 34.9 Å². The van der Waals surface area contributed by atoms with Crippen molar-refractivity contribution in [2.75, 3.05) is 4.90 Å². The number of hydrogen-bond donors (Lipinski definition) is 0. The Morgan fingerprint density at radius 3 is 2.65 bits per heavy atom. The van der Waals surface area contributed by atoms with Crippen LogP contribution in [0.5, 0.6) is 0 Å². The highest BCUT2D eigenvalue weighted by Crippen LogP contribution is 2.33. The summed E-state index contributed by atoms with van der Waals surface area (Å²) in [4.78, 5) is 20.5. The first kappa shape index (κ1) is 19.6. The Kier molecular flexibility index (Phi) is 4.66. The van der Waals surface area contributed by atoms with Gasteiger partial charge in [0.05, 0.1) is 17.8 Å². The number of hydrogen-bond acceptors (Lipinski definition) is 2. The van der Waals surface area contributed by atoms with Gasteiger partial charge in [0.25, 0.3) is 0 Å². The van der Waals surface area contributed by atoms with Gasteiger partial charge in [-0.2, -0.15) is 0 Å². The molecule has 1 atom stereocenters. The van der Waals surface area contributed by atoms with Gasteiger partial charge in [0.2, 0.25) is 5.91 Å². The third-order valence-electron chi connectivity index (χ3n) is 6.46. The number of nitrogens with zero attached hydrogens (tertiary/aromatic N) is 3. The first-order chi connectivity index (χ1) is 14.9. The minimum Gasteiger partial charge on any atom is -0.309 e. The number of amides is 1. The molecule has 5 rings (SSSR count). The van der Waals surface area contributed by atoms with Gasteiger partial charge >= 0.3 is 0 Å². The van der Waals surface area contributed by atoms with Crippen LogP contribution in [0.3, 0.4) is 0 Å². The molecule has 3 heterocycles. The van der Waals surface area contributed by atoms with E-state index in [4.69, 9.17) is 4.98 Å². The van der Waals surface area contributed by atoms with Gasteiger partial charge in [-0.05, 0) is 80.6 Å². The minimum absolute atomic E-state index is 0.116. The lowest BCUT2D eigenvalue weighted by Crippen LogP contribution is -2.37. The van der Waals surface area contributed by atoms with Crippen molar-refractivity contribution in [3.63, 3.8) is 0 Å². The van der Waals surface area contributed by atoms with E-state index in [2.05, 4.69) is 74.6 Å². The third kappa shape index (κ3) is 3.32. The fourth-order valence-corrected chi connectivity index (χ4v) is 4.66. The standard InChI is InChI=1S/C27H27N3O/c1-17-11-12-29-24(16-26(31)30-20(4)15-21-7-5-6-8-23(21)30)27(28-25(29)13-17)22-10-9-18(2)19(3)14-22/h5-14,20H,15-16H2,1-4H3. The fraction of sp³-hybridized carbons (Fsp3) is 0.259. The first-order valence-corrected chi connectivity index (χ1v) is 10.9. The normalized spacial score (nSPS) is 15.5. The molecule has 1 aliphatic heterocycles. The van der Waals surface area contributed by atoms with Gasteiger partial charge in [0.15, 0.2) is 0 Å². The Morgan fingerprint density at radius 1 is 1.03 bits per heavy atom. The lowest BCUT2D eigenvalue weighted by atomic mass is 10.0. The highest BCUT2D eigenvalue weighted by molar-refractivity contribution is 5.98. The van der Waals surface area contributed by atoms with Gasteiger partial charge in [0.1, 0.15) is 5.65 Å². The van der Waals surface area contributed by atoms with Crippen LogP contribution in [0.2, 0.25) is 0 Å². The van der Waals surface area contributed by atoms with Crippen LogP contribution < -0.4 is 4.90 Å². The number of pyridine rings is 1. The van der Waals surface area contributed by atoms with Crippen LogP contribution >= 0.6 is 0 Å². The second kappa shape index (κ2) is 7.38. The topological polar surface area (TPSA) is 37.6 Å².